The molecule has 0 saturated carbocycles. The van der Waals surface area contributed by atoms with Crippen LogP contribution in [0.2, 0.25) is 0 Å². The molecule has 0 radical (unpaired) electrons. The minimum Gasteiger partial charge on any atom is -0.388 e. The van der Waals surface area contributed by atoms with Crippen LogP contribution in [0, 0.1) is 11.2 Å². The van der Waals surface area contributed by atoms with Gasteiger partial charge in [0.2, 0.25) is 5.95 Å². The summed E-state index contributed by atoms with van der Waals surface area (Å²) in [5.41, 5.74) is 2.37. The number of para-hydroxylation sites is 2. The fourth-order valence-electron chi connectivity index (χ4n) is 4.80. The quantitative estimate of drug-likeness (QED) is 0.193. The number of nitrogens with zero attached hydrogens (tertiary/aromatic N) is 3. The molecule has 5 rings (SSSR count). The highest BCUT2D eigenvalue weighted by Gasteiger charge is 2.46. The molecule has 1 aliphatic heterocycles. The molecular formula is C27H25F5N6. The van der Waals surface area contributed by atoms with E-state index >= 15 is 8.78 Å². The highest BCUT2D eigenvalue weighted by atomic mass is 19.3. The molecule has 3 N–H and O–H groups in total. The van der Waals surface area contributed by atoms with Crippen molar-refractivity contribution >= 4 is 34.1 Å². The van der Waals surface area contributed by atoms with Gasteiger partial charge in [-0.25, -0.2) is 18.2 Å². The van der Waals surface area contributed by atoms with E-state index in [0.717, 1.165) is 0 Å². The molecule has 4 aromatic rings. The molecule has 1 aliphatic rings. The number of imidazole rings is 1. The summed E-state index contributed by atoms with van der Waals surface area (Å²) >= 11 is 0. The van der Waals surface area contributed by atoms with Crippen LogP contribution >= 0.6 is 0 Å². The summed E-state index contributed by atoms with van der Waals surface area (Å²) in [6.07, 6.45) is -0.0187. The van der Waals surface area contributed by atoms with Crippen molar-refractivity contribution in [2.75, 3.05) is 35.7 Å². The van der Waals surface area contributed by atoms with Crippen LogP contribution in [-0.4, -0.2) is 47.4 Å². The maximum absolute atomic E-state index is 15.3. The Morgan fingerprint density at radius 1 is 1.08 bits per heavy atom. The number of hydrogen-bond donors (Lipinski definition) is 3. The van der Waals surface area contributed by atoms with Crippen LogP contribution in [0.15, 0.2) is 66.7 Å². The van der Waals surface area contributed by atoms with Crippen molar-refractivity contribution < 1.29 is 22.0 Å². The number of hydrogen-bond acceptors (Lipinski definition) is 5. The predicted octanol–water partition coefficient (Wildman–Crippen LogP) is 6.35. The third kappa shape index (κ3) is 4.75. The zero-order valence-electron chi connectivity index (χ0n) is 20.4. The first-order valence-corrected chi connectivity index (χ1v) is 12.0. The van der Waals surface area contributed by atoms with Crippen molar-refractivity contribution in [3.8, 4) is 0 Å². The Morgan fingerprint density at radius 2 is 1.87 bits per heavy atom. The number of piperidine rings is 1. The van der Waals surface area contributed by atoms with Crippen LogP contribution in [0.1, 0.15) is 24.1 Å². The lowest BCUT2D eigenvalue weighted by atomic mass is 9.98. The molecule has 3 aromatic carbocycles. The summed E-state index contributed by atoms with van der Waals surface area (Å²) < 4.78 is 72.6. The highest BCUT2D eigenvalue weighted by molar-refractivity contribution is 6.14. The third-order valence-electron chi connectivity index (χ3n) is 6.67. The van der Waals surface area contributed by atoms with E-state index in [2.05, 4.69) is 15.6 Å². The second-order valence-electron chi connectivity index (χ2n) is 9.11. The molecule has 198 valence electrons. The van der Waals surface area contributed by atoms with Crippen LogP contribution in [0.3, 0.4) is 0 Å². The fraction of sp³-hybridized carbons (Fsp3) is 0.259. The minimum absolute atomic E-state index is 0.0187. The molecule has 1 unspecified atom stereocenters. The fourth-order valence-corrected chi connectivity index (χ4v) is 4.80. The number of fused-ring (bicyclic) bond motifs is 1. The molecule has 1 saturated heterocycles. The lowest BCUT2D eigenvalue weighted by Crippen LogP contribution is -2.55. The molecule has 0 amide bonds. The van der Waals surface area contributed by atoms with Crippen LogP contribution in [0.25, 0.3) is 11.0 Å². The zero-order chi connectivity index (χ0) is 27.0. The summed E-state index contributed by atoms with van der Waals surface area (Å²) in [6, 6.07) is 15.6. The average Bonchev–Trinajstić information content (AvgIpc) is 3.29. The van der Waals surface area contributed by atoms with Gasteiger partial charge in [0.05, 0.1) is 29.3 Å². The molecule has 1 atom stereocenters. The second kappa shape index (κ2) is 9.96. The van der Waals surface area contributed by atoms with Crippen molar-refractivity contribution in [1.82, 2.24) is 9.55 Å². The van der Waals surface area contributed by atoms with Gasteiger partial charge in [-0.05, 0) is 48.9 Å². The molecule has 1 fully saturated rings. The number of rotatable bonds is 7. The van der Waals surface area contributed by atoms with Crippen molar-refractivity contribution in [1.29, 1.82) is 5.41 Å². The van der Waals surface area contributed by atoms with Gasteiger partial charge in [-0.2, -0.15) is 8.78 Å². The van der Waals surface area contributed by atoms with E-state index < -0.39 is 30.9 Å². The molecule has 0 spiro atoms. The van der Waals surface area contributed by atoms with Crippen molar-refractivity contribution in [3.63, 3.8) is 0 Å². The molecule has 38 heavy (non-hydrogen) atoms. The van der Waals surface area contributed by atoms with Crippen LogP contribution in [0.4, 0.5) is 39.3 Å². The second-order valence-corrected chi connectivity index (χ2v) is 9.11. The van der Waals surface area contributed by atoms with E-state index in [0.29, 0.717) is 32.6 Å². The van der Waals surface area contributed by atoms with E-state index in [4.69, 9.17) is 5.41 Å². The minimum atomic E-state index is -3.25. The Labute approximate surface area is 215 Å². The number of anilines is 3. The number of aromatic nitrogens is 2. The molecule has 11 heteroatoms. The normalized spacial score (nSPS) is 17.1. The average molecular weight is 529 g/mol. The maximum atomic E-state index is 15.3. The molecule has 2 heterocycles. The monoisotopic (exact) mass is 528 g/mol. The summed E-state index contributed by atoms with van der Waals surface area (Å²) in [5.74, 6) is -3.90. The van der Waals surface area contributed by atoms with E-state index in [-0.39, 0.29) is 30.1 Å². The van der Waals surface area contributed by atoms with Crippen molar-refractivity contribution in [3.05, 3.63) is 83.7 Å². The van der Waals surface area contributed by atoms with Gasteiger partial charge in [-0.1, -0.05) is 24.3 Å². The van der Waals surface area contributed by atoms with Crippen molar-refractivity contribution in [2.24, 2.45) is 0 Å². The lowest BCUT2D eigenvalue weighted by molar-refractivity contribution is -0.0244. The first kappa shape index (κ1) is 25.5. The van der Waals surface area contributed by atoms with Crippen LogP contribution in [0.5, 0.6) is 0 Å². The van der Waals surface area contributed by atoms with Gasteiger partial charge in [0.1, 0.15) is 5.82 Å². The molecule has 0 bridgehead atoms. The van der Waals surface area contributed by atoms with E-state index in [9.17, 15) is 13.2 Å². The number of nitrogens with one attached hydrogen (secondary N) is 3. The van der Waals surface area contributed by atoms with Gasteiger partial charge < -0.3 is 15.5 Å². The Morgan fingerprint density at radius 3 is 2.58 bits per heavy atom. The van der Waals surface area contributed by atoms with Crippen molar-refractivity contribution in [2.45, 2.75) is 24.9 Å². The smallest absolute Gasteiger partial charge is 0.321 e. The van der Waals surface area contributed by atoms with Gasteiger partial charge in [0.15, 0.2) is 0 Å². The topological polar surface area (TPSA) is 69.0 Å². The number of halogens is 5. The van der Waals surface area contributed by atoms with Gasteiger partial charge in [-0.15, -0.1) is 0 Å². The lowest BCUT2D eigenvalue weighted by Gasteiger charge is -2.39. The standard InChI is InChI=1S/C27H25F5N6/c1-34-21-14-18(9-10-19(21)24(33)16-5-4-6-17(28)13-16)35-23-11-12-37(15-27(23,31)32)26-36-20-7-2-3-8-22(20)38(26)25(29)30/h2-10,13-14,23,25,33-35H,11-12,15H2,1H3. The largest absolute Gasteiger partial charge is 0.388 e. The molecule has 6 nitrogen and oxygen atoms in total. The maximum Gasteiger partial charge on any atom is 0.321 e. The van der Waals surface area contributed by atoms with Crippen LogP contribution < -0.4 is 15.5 Å². The van der Waals surface area contributed by atoms with E-state index in [1.54, 1.807) is 49.5 Å². The summed E-state index contributed by atoms with van der Waals surface area (Å²) in [6.45, 7) is -3.60. The summed E-state index contributed by atoms with van der Waals surface area (Å²) in [5, 5.41) is 14.3. The third-order valence-corrected chi connectivity index (χ3v) is 6.67. The first-order valence-electron chi connectivity index (χ1n) is 12.0. The SMILES string of the molecule is CNc1cc(NC2CCN(c3nc4ccccc4n3C(F)F)CC2(F)F)ccc1C(=N)c1cccc(F)c1. The highest BCUT2D eigenvalue weighted by Crippen LogP contribution is 2.36. The van der Waals surface area contributed by atoms with Gasteiger partial charge in [0, 0.05) is 36.1 Å². The van der Waals surface area contributed by atoms with Crippen LogP contribution in [-0.2, 0) is 0 Å². The van der Waals surface area contributed by atoms with E-state index in [1.165, 1.54) is 29.2 Å². The Hall–Kier alpha value is -4.15. The Kier molecular flexibility index (Phi) is 6.68. The van der Waals surface area contributed by atoms with E-state index in [1.807, 2.05) is 0 Å². The zero-order valence-corrected chi connectivity index (χ0v) is 20.4. The van der Waals surface area contributed by atoms with Gasteiger partial charge in [0.25, 0.3) is 5.92 Å². The first-order chi connectivity index (χ1) is 18.2. The molecule has 0 aliphatic carbocycles. The number of alkyl halides is 4. The predicted molar refractivity (Wildman–Crippen MR) is 138 cm³/mol. The Bertz CT molecular complexity index is 1480. The van der Waals surface area contributed by atoms with Gasteiger partial charge >= 0.3 is 6.55 Å². The van der Waals surface area contributed by atoms with Gasteiger partial charge in [-0.3, -0.25) is 9.98 Å². The molecular weight excluding hydrogens is 503 g/mol. The summed E-state index contributed by atoms with van der Waals surface area (Å²) in [7, 11) is 1.64. The number of benzene rings is 3. The molecule has 1 aromatic heterocycles. The summed E-state index contributed by atoms with van der Waals surface area (Å²) in [4.78, 5) is 5.42. The Balaban J connectivity index is 1.35.